The Balaban J connectivity index is 1.28. The molecule has 4 fully saturated rings. The minimum absolute atomic E-state index is 0.0394. The van der Waals surface area contributed by atoms with Gasteiger partial charge >= 0.3 is 0 Å². The summed E-state index contributed by atoms with van der Waals surface area (Å²) in [7, 11) is 1.93. The number of amides is 2. The fourth-order valence-corrected chi connectivity index (χ4v) is 9.40. The van der Waals surface area contributed by atoms with E-state index in [1.54, 1.807) is 12.1 Å². The van der Waals surface area contributed by atoms with Gasteiger partial charge in [0.15, 0.2) is 0 Å². The van der Waals surface area contributed by atoms with E-state index in [1.807, 2.05) is 54.4 Å². The van der Waals surface area contributed by atoms with Crippen LogP contribution in [0.5, 0.6) is 5.75 Å². The van der Waals surface area contributed by atoms with Crippen LogP contribution in [0.4, 0.5) is 0 Å². The van der Waals surface area contributed by atoms with E-state index >= 15 is 0 Å². The number of aromatic hydroxyl groups is 1. The van der Waals surface area contributed by atoms with Crippen molar-refractivity contribution in [3.8, 4) is 5.75 Å². The van der Waals surface area contributed by atoms with Crippen LogP contribution in [0.3, 0.4) is 0 Å². The number of piperidine rings is 1. The third-order valence-electron chi connectivity index (χ3n) is 11.3. The van der Waals surface area contributed by atoms with Crippen molar-refractivity contribution >= 4 is 11.8 Å². The molecule has 3 aliphatic carbocycles. The number of carbonyl (C=O) groups is 2. The summed E-state index contributed by atoms with van der Waals surface area (Å²) in [6.45, 7) is 4.92. The Morgan fingerprint density at radius 1 is 0.947 bits per heavy atom. The highest BCUT2D eigenvalue weighted by Crippen LogP contribution is 2.65. The van der Waals surface area contributed by atoms with Crippen LogP contribution < -0.4 is 5.32 Å². The predicted molar refractivity (Wildman–Crippen MR) is 148 cm³/mol. The number of nitrogens with one attached hydrogen (secondary N) is 1. The zero-order chi connectivity index (χ0) is 26.7. The van der Waals surface area contributed by atoms with Gasteiger partial charge in [-0.05, 0) is 96.8 Å². The van der Waals surface area contributed by atoms with Gasteiger partial charge in [-0.15, -0.1) is 0 Å². The molecule has 1 aliphatic heterocycles. The minimum Gasteiger partial charge on any atom is -0.508 e. The molecule has 0 radical (unpaired) electrons. The molecule has 2 aromatic rings. The zero-order valence-electron chi connectivity index (χ0n) is 23.0. The van der Waals surface area contributed by atoms with Crippen LogP contribution in [-0.2, 0) is 9.59 Å². The Morgan fingerprint density at radius 3 is 2.39 bits per heavy atom. The Kier molecular flexibility index (Phi) is 6.32. The Morgan fingerprint density at radius 2 is 1.66 bits per heavy atom. The quantitative estimate of drug-likeness (QED) is 0.486. The highest BCUT2D eigenvalue weighted by molar-refractivity contribution is 6.01. The van der Waals surface area contributed by atoms with E-state index in [-0.39, 0.29) is 35.1 Å². The first kappa shape index (κ1) is 25.5. The van der Waals surface area contributed by atoms with Crippen LogP contribution in [0.25, 0.3) is 0 Å². The van der Waals surface area contributed by atoms with Gasteiger partial charge in [-0.3, -0.25) is 9.59 Å². The number of fused-ring (bicyclic) bond motifs is 5. The van der Waals surface area contributed by atoms with Crippen molar-refractivity contribution < 1.29 is 14.7 Å². The standard InChI is InChI=1S/C33H42N2O3/c1-32-18-7-10-26(32)24-15-16-28-33(2,27(24)17-19-32)20-25(31(38)35(28)3)30(37)34-29(21-8-5-4-6-9-21)22-11-13-23(36)14-12-22/h4-6,8-9,11-14,24-29,36H,7,10,15-20H2,1-3H3,(H,34,37)/t24-,25?,26-,27+,28?,29?,32-,33+/m0/s1. The normalized spacial score (nSPS) is 37.1. The lowest BCUT2D eigenvalue weighted by Crippen LogP contribution is -2.64. The molecule has 6 rings (SSSR count). The molecule has 3 unspecified atom stereocenters. The molecule has 1 heterocycles. The molecule has 3 saturated carbocycles. The molecule has 2 amide bonds. The monoisotopic (exact) mass is 514 g/mol. The highest BCUT2D eigenvalue weighted by atomic mass is 16.3. The minimum atomic E-state index is -0.680. The van der Waals surface area contributed by atoms with Crippen LogP contribution >= 0.6 is 0 Å². The van der Waals surface area contributed by atoms with Gasteiger partial charge in [0.2, 0.25) is 11.8 Å². The van der Waals surface area contributed by atoms with Crippen LogP contribution in [0.1, 0.15) is 82.4 Å². The summed E-state index contributed by atoms with van der Waals surface area (Å²) >= 11 is 0. The third kappa shape index (κ3) is 4.04. The Labute approximate surface area is 227 Å². The van der Waals surface area contributed by atoms with Gasteiger partial charge < -0.3 is 15.3 Å². The van der Waals surface area contributed by atoms with E-state index in [4.69, 9.17) is 0 Å². The highest BCUT2D eigenvalue weighted by Gasteiger charge is 2.61. The summed E-state index contributed by atoms with van der Waals surface area (Å²) in [6, 6.07) is 16.7. The maximum atomic E-state index is 14.0. The molecule has 2 aromatic carbocycles. The van der Waals surface area contributed by atoms with Crippen molar-refractivity contribution in [1.82, 2.24) is 10.2 Å². The van der Waals surface area contributed by atoms with E-state index in [2.05, 4.69) is 19.2 Å². The van der Waals surface area contributed by atoms with Crippen molar-refractivity contribution in [3.05, 3.63) is 65.7 Å². The van der Waals surface area contributed by atoms with Gasteiger partial charge in [0, 0.05) is 13.1 Å². The second kappa shape index (κ2) is 9.43. The molecular formula is C33H42N2O3. The number of rotatable bonds is 4. The van der Waals surface area contributed by atoms with E-state index in [9.17, 15) is 14.7 Å². The molecule has 2 N–H and O–H groups in total. The fraction of sp³-hybridized carbons (Fsp3) is 0.576. The summed E-state index contributed by atoms with van der Waals surface area (Å²) < 4.78 is 0. The van der Waals surface area contributed by atoms with Crippen molar-refractivity contribution in [2.75, 3.05) is 7.05 Å². The van der Waals surface area contributed by atoms with E-state index in [0.29, 0.717) is 17.8 Å². The number of carbonyl (C=O) groups excluding carboxylic acids is 2. The second-order valence-corrected chi connectivity index (χ2v) is 13.2. The van der Waals surface area contributed by atoms with Crippen LogP contribution in [0.15, 0.2) is 54.6 Å². The van der Waals surface area contributed by atoms with E-state index in [1.165, 1.54) is 38.5 Å². The molecule has 0 spiro atoms. The third-order valence-corrected chi connectivity index (χ3v) is 11.3. The van der Waals surface area contributed by atoms with Crippen molar-refractivity contribution in [1.29, 1.82) is 0 Å². The molecule has 4 aliphatic rings. The number of hydrogen-bond acceptors (Lipinski definition) is 3. The first-order valence-electron chi connectivity index (χ1n) is 14.6. The Hall–Kier alpha value is -2.82. The van der Waals surface area contributed by atoms with Crippen molar-refractivity contribution in [2.24, 2.45) is 34.5 Å². The lowest BCUT2D eigenvalue weighted by Gasteiger charge is -2.62. The van der Waals surface area contributed by atoms with Crippen molar-refractivity contribution in [3.63, 3.8) is 0 Å². The van der Waals surface area contributed by atoms with Crippen molar-refractivity contribution in [2.45, 2.75) is 77.3 Å². The maximum Gasteiger partial charge on any atom is 0.235 e. The topological polar surface area (TPSA) is 69.6 Å². The summed E-state index contributed by atoms with van der Waals surface area (Å²) in [5.74, 6) is 1.37. The van der Waals surface area contributed by atoms with Crippen LogP contribution in [0.2, 0.25) is 0 Å². The first-order valence-corrected chi connectivity index (χ1v) is 14.6. The number of benzene rings is 2. The van der Waals surface area contributed by atoms with Crippen LogP contribution in [-0.4, -0.2) is 34.9 Å². The summed E-state index contributed by atoms with van der Waals surface area (Å²) in [4.78, 5) is 29.6. The number of nitrogens with zero attached hydrogens (tertiary/aromatic N) is 1. The molecule has 8 atom stereocenters. The largest absolute Gasteiger partial charge is 0.508 e. The van der Waals surface area contributed by atoms with E-state index in [0.717, 1.165) is 29.4 Å². The second-order valence-electron chi connectivity index (χ2n) is 13.2. The van der Waals surface area contributed by atoms with Gasteiger partial charge in [-0.2, -0.15) is 0 Å². The number of phenols is 1. The number of phenolic OH excluding ortho intramolecular Hbond substituents is 1. The van der Waals surface area contributed by atoms with Gasteiger partial charge in [0.1, 0.15) is 11.7 Å². The summed E-state index contributed by atoms with van der Waals surface area (Å²) in [5.41, 5.74) is 2.29. The molecule has 0 aromatic heterocycles. The first-order chi connectivity index (χ1) is 18.2. The van der Waals surface area contributed by atoms with Gasteiger partial charge in [-0.25, -0.2) is 0 Å². The van der Waals surface area contributed by atoms with Crippen LogP contribution in [0, 0.1) is 34.5 Å². The average Bonchev–Trinajstić information content (AvgIpc) is 3.32. The molecule has 1 saturated heterocycles. The maximum absolute atomic E-state index is 14.0. The zero-order valence-corrected chi connectivity index (χ0v) is 23.0. The lowest BCUT2D eigenvalue weighted by atomic mass is 9.47. The Bertz CT molecular complexity index is 1200. The smallest absolute Gasteiger partial charge is 0.235 e. The SMILES string of the molecule is CN1C(=O)C(C(=O)NC(c2ccccc2)c2ccc(O)cc2)C[C@@]2(C)C1CC[C@@H]1[C@H]2CC[C@]2(C)CCC[C@@H]12. The predicted octanol–water partition coefficient (Wildman–Crippen LogP) is 6.08. The summed E-state index contributed by atoms with van der Waals surface area (Å²) in [6.07, 6.45) is 9.48. The molecule has 5 heteroatoms. The fourth-order valence-electron chi connectivity index (χ4n) is 9.40. The molecule has 38 heavy (non-hydrogen) atoms. The number of likely N-dealkylation sites (tertiary alicyclic amines) is 1. The molecule has 202 valence electrons. The van der Waals surface area contributed by atoms with Gasteiger partial charge in [-0.1, -0.05) is 62.7 Å². The van der Waals surface area contributed by atoms with Gasteiger partial charge in [0.05, 0.1) is 6.04 Å². The molecule has 0 bridgehead atoms. The molecule has 5 nitrogen and oxygen atoms in total. The van der Waals surface area contributed by atoms with E-state index < -0.39 is 5.92 Å². The van der Waals surface area contributed by atoms with Gasteiger partial charge in [0.25, 0.3) is 0 Å². The summed E-state index contributed by atoms with van der Waals surface area (Å²) in [5, 5.41) is 13.1. The number of hydrogen-bond donors (Lipinski definition) is 2. The lowest BCUT2D eigenvalue weighted by molar-refractivity contribution is -0.169. The average molecular weight is 515 g/mol. The molecular weight excluding hydrogens is 472 g/mol.